The van der Waals surface area contributed by atoms with E-state index in [2.05, 4.69) is 15.6 Å². The van der Waals surface area contributed by atoms with Crippen LogP contribution in [0.1, 0.15) is 121 Å². The normalized spacial score (nSPS) is 9.40. The van der Waals surface area contributed by atoms with Crippen molar-refractivity contribution in [3.63, 3.8) is 0 Å². The first-order chi connectivity index (χ1) is 19.2. The maximum absolute atomic E-state index is 12.3. The molecule has 48 heavy (non-hydrogen) atoms. The summed E-state index contributed by atoms with van der Waals surface area (Å²) in [5.74, 6) is 0.901. The summed E-state index contributed by atoms with van der Waals surface area (Å²) in [6.45, 7) is 6.14. The van der Waals surface area contributed by atoms with Gasteiger partial charge in [-0.25, -0.2) is 4.68 Å². The van der Waals surface area contributed by atoms with Gasteiger partial charge in [-0.3, -0.25) is 14.4 Å². The second-order valence-electron chi connectivity index (χ2n) is 10.1. The van der Waals surface area contributed by atoms with Crippen LogP contribution in [-0.4, -0.2) is 45.3 Å². The largest absolute Gasteiger partial charge is 0.462 e. The molecule has 0 radical (unpaired) electrons. The number of esters is 1. The minimum Gasteiger partial charge on any atom is -0.462 e. The Kier molecular flexibility index (Phi) is 33.5. The monoisotopic (exact) mass is 677 g/mol. The average Bonchev–Trinajstić information content (AvgIpc) is 3.36. The maximum Gasteiger partial charge on any atom is 0.306 e. The van der Waals surface area contributed by atoms with Gasteiger partial charge in [0.05, 0.1) is 5.69 Å². The number of nitrogens with one attached hydrogen (secondary N) is 1. The van der Waals surface area contributed by atoms with Crippen molar-refractivity contribution in [2.45, 2.75) is 124 Å². The molecule has 0 aliphatic carbocycles. The van der Waals surface area contributed by atoms with Gasteiger partial charge in [0, 0.05) is 24.7 Å². The zero-order chi connectivity index (χ0) is 28.8. The summed E-state index contributed by atoms with van der Waals surface area (Å²) >= 11 is 0. The lowest BCUT2D eigenvalue weighted by Gasteiger charge is -2.19. The number of aryl methyl sites for hydroxylation is 1. The molecule has 10 heteroatoms. The van der Waals surface area contributed by atoms with Gasteiger partial charge in [-0.2, -0.15) is 0 Å². The lowest BCUT2D eigenvalue weighted by atomic mass is 10.1. The third-order valence-corrected chi connectivity index (χ3v) is 5.51. The van der Waals surface area contributed by atoms with E-state index in [1.54, 1.807) is 30.5 Å². The zero-order valence-electron chi connectivity index (χ0n) is 23.2. The van der Waals surface area contributed by atoms with E-state index in [-0.39, 0.29) is 77.8 Å². The molecule has 276 valence electrons. The first kappa shape index (κ1) is 55.9. The maximum atomic E-state index is 12.3. The topological polar surface area (TPSA) is 122 Å². The van der Waals surface area contributed by atoms with Gasteiger partial charge in [0.1, 0.15) is 42.5 Å². The molecule has 0 fully saturated rings. The number of aromatic nitrogens is 3. The minimum atomic E-state index is -0.469. The molecule has 2 aromatic carbocycles. The minimum absolute atomic E-state index is 0. The van der Waals surface area contributed by atoms with Gasteiger partial charge >= 0.3 is 5.97 Å². The SMILES string of the molecule is C.C.C.C.C.C.C.C.CC(C)(C)OC(=O)CCCCc1cn(CC(=O)NCCc2ccc(OC=COc3ccc(C=O)cc3)cc2)nn1. The Morgan fingerprint density at radius 2 is 1.33 bits per heavy atom. The molecule has 1 N–H and O–H groups in total. The van der Waals surface area contributed by atoms with Crippen LogP contribution in [0.25, 0.3) is 0 Å². The molecule has 1 amide bonds. The summed E-state index contributed by atoms with van der Waals surface area (Å²) in [4.78, 5) is 34.7. The fraction of sp³-hybridized carbons (Fsp3) is 0.500. The van der Waals surface area contributed by atoms with Crippen molar-refractivity contribution >= 4 is 18.2 Å². The Labute approximate surface area is 293 Å². The van der Waals surface area contributed by atoms with Crippen molar-refractivity contribution < 1.29 is 28.6 Å². The Morgan fingerprint density at radius 3 is 1.85 bits per heavy atom. The number of unbranched alkanes of at least 4 members (excludes halogenated alkanes) is 1. The molecule has 0 saturated carbocycles. The zero-order valence-corrected chi connectivity index (χ0v) is 23.2. The van der Waals surface area contributed by atoms with E-state index in [0.29, 0.717) is 49.3 Å². The summed E-state index contributed by atoms with van der Waals surface area (Å²) < 4.78 is 17.8. The molecule has 0 unspecified atom stereocenters. The molecular weight excluding hydrogens is 608 g/mol. The molecule has 1 aromatic heterocycles. The van der Waals surface area contributed by atoms with Crippen LogP contribution in [0.5, 0.6) is 11.5 Å². The molecule has 0 spiro atoms. The van der Waals surface area contributed by atoms with Crippen LogP contribution in [0.4, 0.5) is 0 Å². The van der Waals surface area contributed by atoms with Gasteiger partial charge in [0.2, 0.25) is 5.91 Å². The number of hydrogen-bond donors (Lipinski definition) is 1. The van der Waals surface area contributed by atoms with Gasteiger partial charge in [0.25, 0.3) is 0 Å². The number of ether oxygens (including phenoxy) is 3. The molecule has 0 aliphatic rings. The predicted molar refractivity (Wildman–Crippen MR) is 203 cm³/mol. The third-order valence-electron chi connectivity index (χ3n) is 5.51. The molecular formula is C38H68N4O6. The highest BCUT2D eigenvalue weighted by molar-refractivity contribution is 5.75. The van der Waals surface area contributed by atoms with E-state index in [0.717, 1.165) is 24.0 Å². The van der Waals surface area contributed by atoms with E-state index in [4.69, 9.17) is 14.2 Å². The van der Waals surface area contributed by atoms with E-state index in [1.807, 2.05) is 45.0 Å². The summed E-state index contributed by atoms with van der Waals surface area (Å²) in [7, 11) is 0. The molecule has 3 aromatic rings. The van der Waals surface area contributed by atoms with E-state index >= 15 is 0 Å². The van der Waals surface area contributed by atoms with Crippen LogP contribution in [0.2, 0.25) is 0 Å². The summed E-state index contributed by atoms with van der Waals surface area (Å²) in [5.41, 5.74) is 1.95. The molecule has 0 atom stereocenters. The second-order valence-corrected chi connectivity index (χ2v) is 10.1. The number of carbonyl (C=O) groups is 3. The van der Waals surface area contributed by atoms with E-state index in [9.17, 15) is 14.4 Å². The van der Waals surface area contributed by atoms with Crippen molar-refractivity contribution in [3.8, 4) is 11.5 Å². The van der Waals surface area contributed by atoms with Crippen LogP contribution in [-0.2, 0) is 33.7 Å². The van der Waals surface area contributed by atoms with Crippen molar-refractivity contribution in [1.29, 1.82) is 0 Å². The van der Waals surface area contributed by atoms with Gasteiger partial charge < -0.3 is 19.5 Å². The first-order valence-corrected chi connectivity index (χ1v) is 13.2. The quantitative estimate of drug-likeness (QED) is 0.0731. The summed E-state index contributed by atoms with van der Waals surface area (Å²) in [6, 6.07) is 14.3. The Morgan fingerprint density at radius 1 is 0.792 bits per heavy atom. The van der Waals surface area contributed by atoms with Crippen LogP contribution >= 0.6 is 0 Å². The number of nitrogens with zero attached hydrogens (tertiary/aromatic N) is 3. The highest BCUT2D eigenvalue weighted by Crippen LogP contribution is 2.15. The third kappa shape index (κ3) is 22.1. The van der Waals surface area contributed by atoms with Gasteiger partial charge in [-0.1, -0.05) is 76.8 Å². The van der Waals surface area contributed by atoms with Gasteiger partial charge in [0.15, 0.2) is 0 Å². The fourth-order valence-corrected chi connectivity index (χ4v) is 3.62. The Hall–Kier alpha value is -4.47. The number of carbonyl (C=O) groups excluding carboxylic acids is 3. The summed E-state index contributed by atoms with van der Waals surface area (Å²) in [5, 5.41) is 11.0. The highest BCUT2D eigenvalue weighted by atomic mass is 16.6. The molecule has 1 heterocycles. The van der Waals surface area contributed by atoms with E-state index in [1.165, 1.54) is 17.2 Å². The van der Waals surface area contributed by atoms with Gasteiger partial charge in [-0.05, 0) is 88.4 Å². The van der Waals surface area contributed by atoms with Crippen LogP contribution in [0.15, 0.2) is 67.3 Å². The van der Waals surface area contributed by atoms with Crippen LogP contribution in [0, 0.1) is 0 Å². The number of aldehydes is 1. The van der Waals surface area contributed by atoms with Crippen LogP contribution < -0.4 is 14.8 Å². The highest BCUT2D eigenvalue weighted by Gasteiger charge is 2.15. The number of rotatable bonds is 15. The molecule has 10 nitrogen and oxygen atoms in total. The number of benzene rings is 2. The van der Waals surface area contributed by atoms with Crippen molar-refractivity contribution in [1.82, 2.24) is 20.3 Å². The lowest BCUT2D eigenvalue weighted by molar-refractivity contribution is -0.154. The molecule has 0 aliphatic heterocycles. The smallest absolute Gasteiger partial charge is 0.306 e. The van der Waals surface area contributed by atoms with Crippen molar-refractivity contribution in [2.75, 3.05) is 6.54 Å². The number of hydrogen-bond acceptors (Lipinski definition) is 8. The van der Waals surface area contributed by atoms with E-state index < -0.39 is 5.60 Å². The predicted octanol–water partition coefficient (Wildman–Crippen LogP) is 9.52. The molecule has 3 rings (SSSR count). The second kappa shape index (κ2) is 28.7. The molecule has 0 bridgehead atoms. The Bertz CT molecular complexity index is 1260. The fourth-order valence-electron chi connectivity index (χ4n) is 3.62. The standard InChI is InChI=1S/C30H36N4O6.8CH4/c1-30(2,3)40-29(37)7-5-4-6-25-20-34(33-32-25)21-28(36)31-17-16-23-8-12-26(13-9-23)38-18-19-39-27-14-10-24(22-35)11-15-27;;;;;;;;/h8-15,18-20,22H,4-7,16-17,21H2,1-3H3,(H,31,36);8*1H4. The molecule has 0 saturated heterocycles. The summed E-state index contributed by atoms with van der Waals surface area (Å²) in [6.07, 6.45) is 8.61. The Balaban J connectivity index is -0.000000551. The number of amides is 1. The average molecular weight is 677 g/mol. The van der Waals surface area contributed by atoms with Crippen molar-refractivity contribution in [2.24, 2.45) is 0 Å². The van der Waals surface area contributed by atoms with Crippen molar-refractivity contribution in [3.05, 3.63) is 84.1 Å². The van der Waals surface area contributed by atoms with Crippen LogP contribution in [0.3, 0.4) is 0 Å². The van der Waals surface area contributed by atoms with Gasteiger partial charge in [-0.15, -0.1) is 5.10 Å². The first-order valence-electron chi connectivity index (χ1n) is 13.2. The lowest BCUT2D eigenvalue weighted by Crippen LogP contribution is -2.29.